The summed E-state index contributed by atoms with van der Waals surface area (Å²) in [6.07, 6.45) is 3.13. The molecule has 0 aliphatic carbocycles. The van der Waals surface area contributed by atoms with Gasteiger partial charge in [-0.25, -0.2) is 0 Å². The molecule has 0 spiro atoms. The summed E-state index contributed by atoms with van der Waals surface area (Å²) < 4.78 is 11.7. The topological polar surface area (TPSA) is 83.6 Å². The molecule has 0 aliphatic heterocycles. The number of benzene rings is 5. The van der Waals surface area contributed by atoms with Gasteiger partial charge in [0.25, 0.3) is 0 Å². The van der Waals surface area contributed by atoms with Crippen molar-refractivity contribution in [2.75, 3.05) is 0 Å². The molecule has 5 rings (SSSR count). The number of phenolic OH excluding ortho intramolecular Hbond substituents is 2. The first-order valence-corrected chi connectivity index (χ1v) is 11.9. The lowest BCUT2D eigenvalue weighted by atomic mass is 10.2. The number of para-hydroxylation sites is 4. The second kappa shape index (κ2) is 11.6. The van der Waals surface area contributed by atoms with Gasteiger partial charge in [0.05, 0.1) is 11.4 Å². The van der Waals surface area contributed by atoms with Crippen molar-refractivity contribution in [1.29, 1.82) is 0 Å². The Balaban J connectivity index is 1.36. The van der Waals surface area contributed by atoms with E-state index in [1.165, 1.54) is 0 Å². The highest BCUT2D eigenvalue weighted by Gasteiger charge is 2.06. The van der Waals surface area contributed by atoms with E-state index < -0.39 is 0 Å². The molecular weight excluding hydrogens is 476 g/mol. The van der Waals surface area contributed by atoms with E-state index in [0.717, 1.165) is 0 Å². The Kier molecular flexibility index (Phi) is 7.42. The molecule has 6 nitrogen and oxygen atoms in total. The minimum absolute atomic E-state index is 0.0790. The molecule has 0 radical (unpaired) electrons. The lowest BCUT2D eigenvalue weighted by Gasteiger charge is -2.08. The summed E-state index contributed by atoms with van der Waals surface area (Å²) in [5.41, 5.74) is 2.18. The smallest absolute Gasteiger partial charge is 0.128 e. The molecule has 0 fully saturated rings. The number of ether oxygens (including phenoxy) is 2. The minimum Gasteiger partial charge on any atom is -0.507 e. The average molecular weight is 501 g/mol. The summed E-state index contributed by atoms with van der Waals surface area (Å²) in [6, 6.07) is 36.1. The average Bonchev–Trinajstić information content (AvgIpc) is 2.95. The van der Waals surface area contributed by atoms with Crippen LogP contribution in [0.5, 0.6) is 34.5 Å². The summed E-state index contributed by atoms with van der Waals surface area (Å²) in [5, 5.41) is 20.7. The molecule has 2 N–H and O–H groups in total. The van der Waals surface area contributed by atoms with Crippen molar-refractivity contribution >= 4 is 23.8 Å². The molecule has 0 atom stereocenters. The van der Waals surface area contributed by atoms with Gasteiger partial charge in [0.2, 0.25) is 0 Å². The zero-order valence-corrected chi connectivity index (χ0v) is 20.3. The van der Waals surface area contributed by atoms with E-state index in [1.54, 1.807) is 48.8 Å². The van der Waals surface area contributed by atoms with Gasteiger partial charge in [-0.3, -0.25) is 9.98 Å². The van der Waals surface area contributed by atoms with E-state index in [4.69, 9.17) is 9.47 Å². The van der Waals surface area contributed by atoms with Crippen LogP contribution in [0.25, 0.3) is 0 Å². The zero-order chi connectivity index (χ0) is 26.2. The fourth-order valence-electron chi connectivity index (χ4n) is 3.61. The quantitative estimate of drug-likeness (QED) is 0.210. The molecule has 0 saturated carbocycles. The predicted molar refractivity (Wildman–Crippen MR) is 150 cm³/mol. The van der Waals surface area contributed by atoms with Crippen LogP contribution in [-0.2, 0) is 0 Å². The maximum Gasteiger partial charge on any atom is 0.128 e. The molecule has 0 aliphatic rings. The Labute approximate surface area is 220 Å². The molecule has 5 aromatic rings. The molecule has 0 aromatic heterocycles. The standard InChI is InChI=1S/C32H24N2O4/c35-31-17-15-27(37-25-9-3-1-4-10-25)19-23(31)21-33-29-13-7-8-14-30(29)34-22-24-20-28(16-18-32(24)36)38-26-11-5-2-6-12-26/h1-22,35-36H. The highest BCUT2D eigenvalue weighted by Crippen LogP contribution is 2.31. The van der Waals surface area contributed by atoms with E-state index in [2.05, 4.69) is 9.98 Å². The summed E-state index contributed by atoms with van der Waals surface area (Å²) in [7, 11) is 0. The minimum atomic E-state index is 0.0790. The number of hydrogen-bond acceptors (Lipinski definition) is 6. The zero-order valence-electron chi connectivity index (χ0n) is 20.3. The molecule has 38 heavy (non-hydrogen) atoms. The number of phenols is 2. The lowest BCUT2D eigenvalue weighted by molar-refractivity contribution is 0.463. The maximum atomic E-state index is 10.3. The van der Waals surface area contributed by atoms with Gasteiger partial charge in [0, 0.05) is 23.6 Å². The largest absolute Gasteiger partial charge is 0.507 e. The molecule has 0 amide bonds. The molecule has 0 heterocycles. The lowest BCUT2D eigenvalue weighted by Crippen LogP contribution is -1.88. The highest BCUT2D eigenvalue weighted by atomic mass is 16.5. The monoisotopic (exact) mass is 500 g/mol. The van der Waals surface area contributed by atoms with Crippen molar-refractivity contribution in [3.8, 4) is 34.5 Å². The Morgan fingerprint density at radius 3 is 1.26 bits per heavy atom. The summed E-state index contributed by atoms with van der Waals surface area (Å²) >= 11 is 0. The second-order valence-electron chi connectivity index (χ2n) is 8.28. The van der Waals surface area contributed by atoms with Crippen LogP contribution < -0.4 is 9.47 Å². The Bertz CT molecular complexity index is 1460. The van der Waals surface area contributed by atoms with Crippen LogP contribution >= 0.6 is 0 Å². The van der Waals surface area contributed by atoms with Crippen LogP contribution in [0, 0.1) is 0 Å². The van der Waals surface area contributed by atoms with E-state index >= 15 is 0 Å². The van der Waals surface area contributed by atoms with Crippen LogP contribution in [0.4, 0.5) is 11.4 Å². The Hall–Kier alpha value is -5.36. The third-order valence-electron chi connectivity index (χ3n) is 5.52. The second-order valence-corrected chi connectivity index (χ2v) is 8.28. The van der Waals surface area contributed by atoms with Gasteiger partial charge in [-0.15, -0.1) is 0 Å². The normalized spacial score (nSPS) is 11.2. The van der Waals surface area contributed by atoms with Crippen molar-refractivity contribution < 1.29 is 19.7 Å². The first-order chi connectivity index (χ1) is 18.6. The Morgan fingerprint density at radius 1 is 0.447 bits per heavy atom. The number of rotatable bonds is 8. The number of nitrogens with zero attached hydrogens (tertiary/aromatic N) is 2. The maximum absolute atomic E-state index is 10.3. The fourth-order valence-corrected chi connectivity index (χ4v) is 3.61. The van der Waals surface area contributed by atoms with Gasteiger partial charge in [0.1, 0.15) is 34.5 Å². The SMILES string of the molecule is Oc1ccc(Oc2ccccc2)cc1C=Nc1ccccc1N=Cc1cc(Oc2ccccc2)ccc1O. The molecule has 5 aromatic carbocycles. The van der Waals surface area contributed by atoms with Crippen LogP contribution in [0.2, 0.25) is 0 Å². The number of aliphatic imine (C=N–C) groups is 2. The van der Waals surface area contributed by atoms with E-state index in [-0.39, 0.29) is 11.5 Å². The first kappa shape index (κ1) is 24.3. The van der Waals surface area contributed by atoms with E-state index in [1.807, 2.05) is 84.9 Å². The summed E-state index contributed by atoms with van der Waals surface area (Å²) in [6.45, 7) is 0. The third kappa shape index (κ3) is 6.25. The molecular formula is C32H24N2O4. The van der Waals surface area contributed by atoms with Crippen LogP contribution in [0.3, 0.4) is 0 Å². The molecule has 186 valence electrons. The van der Waals surface area contributed by atoms with Gasteiger partial charge in [-0.2, -0.15) is 0 Å². The van der Waals surface area contributed by atoms with E-state index in [9.17, 15) is 10.2 Å². The molecule has 0 unspecified atom stereocenters. The highest BCUT2D eigenvalue weighted by molar-refractivity contribution is 5.90. The van der Waals surface area contributed by atoms with Crippen LogP contribution in [0.1, 0.15) is 11.1 Å². The van der Waals surface area contributed by atoms with Gasteiger partial charge < -0.3 is 19.7 Å². The van der Waals surface area contributed by atoms with Crippen LogP contribution in [-0.4, -0.2) is 22.6 Å². The number of hydrogen-bond donors (Lipinski definition) is 2. The molecule has 6 heteroatoms. The van der Waals surface area contributed by atoms with Crippen LogP contribution in [0.15, 0.2) is 131 Å². The number of aromatic hydroxyl groups is 2. The van der Waals surface area contributed by atoms with Crippen molar-refractivity contribution in [3.05, 3.63) is 132 Å². The van der Waals surface area contributed by atoms with Crippen molar-refractivity contribution in [1.82, 2.24) is 0 Å². The first-order valence-electron chi connectivity index (χ1n) is 11.9. The van der Waals surface area contributed by atoms with Crippen molar-refractivity contribution in [3.63, 3.8) is 0 Å². The van der Waals surface area contributed by atoms with Crippen molar-refractivity contribution in [2.45, 2.75) is 0 Å². The molecule has 0 saturated heterocycles. The summed E-state index contributed by atoms with van der Waals surface area (Å²) in [5.74, 6) is 2.71. The fraction of sp³-hybridized carbons (Fsp3) is 0. The third-order valence-corrected chi connectivity index (χ3v) is 5.52. The van der Waals surface area contributed by atoms with Gasteiger partial charge >= 0.3 is 0 Å². The van der Waals surface area contributed by atoms with Crippen molar-refractivity contribution in [2.24, 2.45) is 9.98 Å². The van der Waals surface area contributed by atoms with Gasteiger partial charge in [-0.1, -0.05) is 48.5 Å². The van der Waals surface area contributed by atoms with Gasteiger partial charge in [0.15, 0.2) is 0 Å². The molecule has 0 bridgehead atoms. The van der Waals surface area contributed by atoms with Gasteiger partial charge in [-0.05, 0) is 72.8 Å². The Morgan fingerprint density at radius 2 is 0.842 bits per heavy atom. The van der Waals surface area contributed by atoms with E-state index in [0.29, 0.717) is 45.5 Å². The predicted octanol–water partition coefficient (Wildman–Crippen LogP) is 8.18. The summed E-state index contributed by atoms with van der Waals surface area (Å²) in [4.78, 5) is 9.10.